The van der Waals surface area contributed by atoms with Crippen LogP contribution in [0.15, 0.2) is 12.1 Å². The van der Waals surface area contributed by atoms with E-state index in [1.165, 1.54) is 40.0 Å². The van der Waals surface area contributed by atoms with E-state index in [1.54, 1.807) is 0 Å². The maximum Gasteiger partial charge on any atom is 0.347 e. The molecule has 0 fully saturated rings. The summed E-state index contributed by atoms with van der Waals surface area (Å²) in [6.45, 7) is 4.22. The zero-order valence-electron chi connectivity index (χ0n) is 15.5. The summed E-state index contributed by atoms with van der Waals surface area (Å²) in [5.74, 6) is -5.56. The van der Waals surface area contributed by atoms with Gasteiger partial charge in [0.15, 0.2) is 0 Å². The molecule has 0 aromatic heterocycles. The Hall–Kier alpha value is -3.75. The number of benzene rings is 2. The number of hydrogen-bond donors (Lipinski definition) is 4. The van der Waals surface area contributed by atoms with Crippen molar-refractivity contribution in [1.82, 2.24) is 0 Å². The lowest BCUT2D eigenvalue weighted by Crippen LogP contribution is -2.15. The maximum atomic E-state index is 12.6. The van der Waals surface area contributed by atoms with Gasteiger partial charge in [-0.2, -0.15) is 0 Å². The van der Waals surface area contributed by atoms with Gasteiger partial charge in [-0.25, -0.2) is 14.4 Å². The smallest absolute Gasteiger partial charge is 0.347 e. The Kier molecular flexibility index (Phi) is 120. The SMILES string of the molecule is C.C.C.C.C.C.C.C.C.C.C.C.C.C.C.C.C.C.C.COc1cc(C)c(C(=O)Oc2cc(C)c(C(=O)O)c(O)c2C)c(O)c1C(=O)O. The fourth-order valence-corrected chi connectivity index (χ4v) is 2.79. The third kappa shape index (κ3) is 23.3. The first-order valence-corrected chi connectivity index (χ1v) is 7.93. The van der Waals surface area contributed by atoms with Gasteiger partial charge in [0, 0.05) is 5.56 Å². The molecule has 0 atom stereocenters. The van der Waals surface area contributed by atoms with Gasteiger partial charge in [0.1, 0.15) is 39.7 Å². The van der Waals surface area contributed by atoms with E-state index in [2.05, 4.69) is 0 Å². The number of methoxy groups -OCH3 is 1. The van der Waals surface area contributed by atoms with Gasteiger partial charge < -0.3 is 29.9 Å². The van der Waals surface area contributed by atoms with E-state index < -0.39 is 40.5 Å². The van der Waals surface area contributed by atoms with Crippen LogP contribution in [0.4, 0.5) is 0 Å². The van der Waals surface area contributed by atoms with Crippen LogP contribution in [-0.4, -0.2) is 45.4 Å². The highest BCUT2D eigenvalue weighted by atomic mass is 16.5. The average molecular weight is 695 g/mol. The molecule has 0 bridgehead atoms. The molecule has 0 saturated heterocycles. The first-order valence-electron chi connectivity index (χ1n) is 7.93. The van der Waals surface area contributed by atoms with E-state index in [1.807, 2.05) is 0 Å². The molecule has 300 valence electrons. The van der Waals surface area contributed by atoms with E-state index in [-0.39, 0.29) is 175 Å². The predicted molar refractivity (Wildman–Crippen MR) is 224 cm³/mol. The number of carbonyl (C=O) groups is 3. The van der Waals surface area contributed by atoms with Crippen molar-refractivity contribution in [3.63, 3.8) is 0 Å². The minimum Gasteiger partial charge on any atom is -0.507 e. The number of hydrogen-bond acceptors (Lipinski definition) is 7. The number of ether oxygens (including phenoxy) is 2. The van der Waals surface area contributed by atoms with Crippen molar-refractivity contribution in [2.45, 2.75) is 162 Å². The number of rotatable bonds is 5. The summed E-state index contributed by atoms with van der Waals surface area (Å²) < 4.78 is 10.1. The zero-order chi connectivity index (χ0) is 21.3. The molecule has 0 spiro atoms. The van der Waals surface area contributed by atoms with Crippen LogP contribution in [0.1, 0.15) is 189 Å². The number of carboxylic acids is 2. The summed E-state index contributed by atoms with van der Waals surface area (Å²) in [6, 6.07) is 2.52. The van der Waals surface area contributed by atoms with Crippen molar-refractivity contribution in [1.29, 1.82) is 0 Å². The standard InChI is InChI=1S/C19H18O9.19CH4/c1-7-5-10(9(3)15(20)12(7)17(22)23)28-19(26)13-8(2)6-11(27-4)14(16(13)21)18(24)25;;;;;;;;;;;;;;;;;;;/h5-6,20-21H,1-4H3,(H,22,23)(H,24,25);19*1H4. The summed E-state index contributed by atoms with van der Waals surface area (Å²) >= 11 is 0. The van der Waals surface area contributed by atoms with Crippen molar-refractivity contribution < 1.29 is 44.3 Å². The summed E-state index contributed by atoms with van der Waals surface area (Å²) in [4.78, 5) is 35.3. The third-order valence-electron chi connectivity index (χ3n) is 4.22. The van der Waals surface area contributed by atoms with E-state index in [9.17, 15) is 29.7 Å². The fourth-order valence-electron chi connectivity index (χ4n) is 2.79. The Morgan fingerprint density at radius 2 is 0.787 bits per heavy atom. The highest BCUT2D eigenvalue weighted by Gasteiger charge is 2.28. The molecule has 0 aliphatic rings. The van der Waals surface area contributed by atoms with Crippen molar-refractivity contribution in [3.05, 3.63) is 45.5 Å². The minimum atomic E-state index is -1.50. The number of esters is 1. The van der Waals surface area contributed by atoms with E-state index >= 15 is 0 Å². The molecule has 2 aromatic carbocycles. The molecule has 47 heavy (non-hydrogen) atoms. The minimum absolute atomic E-state index is 0. The summed E-state index contributed by atoms with van der Waals surface area (Å²) in [6.07, 6.45) is 0. The van der Waals surface area contributed by atoms with Crippen LogP contribution in [-0.2, 0) is 0 Å². The molecular weight excluding hydrogens is 600 g/mol. The monoisotopic (exact) mass is 695 g/mol. The molecule has 9 nitrogen and oxygen atoms in total. The Morgan fingerprint density at radius 3 is 1.09 bits per heavy atom. The van der Waals surface area contributed by atoms with Gasteiger partial charge in [0.05, 0.1) is 7.11 Å². The summed E-state index contributed by atoms with van der Waals surface area (Å²) in [5.41, 5.74) is -0.964. The van der Waals surface area contributed by atoms with Gasteiger partial charge in [0.2, 0.25) is 0 Å². The molecule has 4 N–H and O–H groups in total. The van der Waals surface area contributed by atoms with Crippen LogP contribution in [0.5, 0.6) is 23.0 Å². The van der Waals surface area contributed by atoms with Gasteiger partial charge in [-0.05, 0) is 44.0 Å². The number of aromatic carboxylic acids is 2. The van der Waals surface area contributed by atoms with Crippen LogP contribution in [0.3, 0.4) is 0 Å². The topological polar surface area (TPSA) is 151 Å². The quantitative estimate of drug-likeness (QED) is 0.177. The first kappa shape index (κ1) is 121. The Labute approximate surface area is 299 Å². The number of carbonyl (C=O) groups excluding carboxylic acids is 1. The largest absolute Gasteiger partial charge is 0.507 e. The number of carboxylic acid groups (broad SMARTS) is 2. The number of phenols is 2. The third-order valence-corrected chi connectivity index (χ3v) is 4.22. The molecule has 2 aromatic rings. The molecule has 0 aliphatic heterocycles. The molecule has 0 radical (unpaired) electrons. The van der Waals surface area contributed by atoms with E-state index in [0.29, 0.717) is 0 Å². The van der Waals surface area contributed by atoms with E-state index in [0.717, 1.165) is 0 Å². The van der Waals surface area contributed by atoms with Crippen molar-refractivity contribution in [3.8, 4) is 23.0 Å². The zero-order valence-corrected chi connectivity index (χ0v) is 15.5. The first-order chi connectivity index (χ1) is 13.0. The highest BCUT2D eigenvalue weighted by Crippen LogP contribution is 2.37. The molecular formula is C38H94O9. The molecule has 0 saturated carbocycles. The normalized spacial score (nSPS) is 6.21. The molecule has 2 rings (SSSR count). The fraction of sp³-hybridized carbons (Fsp3) is 0.605. The van der Waals surface area contributed by atoms with Crippen LogP contribution in [0, 0.1) is 20.8 Å². The van der Waals surface area contributed by atoms with E-state index in [4.69, 9.17) is 14.6 Å². The molecule has 0 heterocycles. The number of aromatic hydroxyl groups is 2. The van der Waals surface area contributed by atoms with Crippen LogP contribution < -0.4 is 9.47 Å². The maximum absolute atomic E-state index is 12.6. The highest BCUT2D eigenvalue weighted by molar-refractivity contribution is 6.03. The molecule has 0 amide bonds. The Balaban J connectivity index is -0.0000000277. The Morgan fingerprint density at radius 1 is 0.489 bits per heavy atom. The second-order valence-corrected chi connectivity index (χ2v) is 6.03. The van der Waals surface area contributed by atoms with Crippen molar-refractivity contribution >= 4 is 17.9 Å². The summed E-state index contributed by atoms with van der Waals surface area (Å²) in [5, 5.41) is 38.8. The predicted octanol–water partition coefficient (Wildman–Crippen LogP) is 14.7. The lowest BCUT2D eigenvalue weighted by atomic mass is 10.0. The van der Waals surface area contributed by atoms with Gasteiger partial charge in [-0.3, -0.25) is 0 Å². The van der Waals surface area contributed by atoms with Gasteiger partial charge in [-0.15, -0.1) is 0 Å². The molecule has 0 aliphatic carbocycles. The average Bonchev–Trinajstić information content (AvgIpc) is 2.57. The molecule has 9 heteroatoms. The number of aryl methyl sites for hydroxylation is 2. The van der Waals surface area contributed by atoms with Crippen molar-refractivity contribution in [2.75, 3.05) is 7.11 Å². The molecule has 0 unspecified atom stereocenters. The lowest BCUT2D eigenvalue weighted by molar-refractivity contribution is 0.0679. The second-order valence-electron chi connectivity index (χ2n) is 6.03. The van der Waals surface area contributed by atoms with Crippen LogP contribution in [0.2, 0.25) is 0 Å². The van der Waals surface area contributed by atoms with Gasteiger partial charge in [0.25, 0.3) is 0 Å². The van der Waals surface area contributed by atoms with Gasteiger partial charge >= 0.3 is 17.9 Å². The Bertz CT molecular complexity index is 1010. The lowest BCUT2D eigenvalue weighted by Gasteiger charge is -2.16. The van der Waals surface area contributed by atoms with Crippen LogP contribution in [0.25, 0.3) is 0 Å². The van der Waals surface area contributed by atoms with Gasteiger partial charge in [-0.1, -0.05) is 141 Å². The van der Waals surface area contributed by atoms with Crippen molar-refractivity contribution in [2.24, 2.45) is 0 Å². The summed E-state index contributed by atoms with van der Waals surface area (Å²) in [7, 11) is 1.22. The van der Waals surface area contributed by atoms with Crippen LogP contribution >= 0.6 is 0 Å². The second kappa shape index (κ2) is 46.7.